The molecule has 1 fully saturated rings. The Morgan fingerprint density at radius 3 is 2.95 bits per heavy atom. The van der Waals surface area contributed by atoms with Crippen LogP contribution in [0.25, 0.3) is 0 Å². The number of hydrogen-bond donors (Lipinski definition) is 1. The van der Waals surface area contributed by atoms with E-state index < -0.39 is 0 Å². The van der Waals surface area contributed by atoms with Gasteiger partial charge in [-0.25, -0.2) is 0 Å². The fraction of sp³-hybridized carbons (Fsp3) is 0.625. The molecule has 1 aromatic carbocycles. The normalized spacial score (nSPS) is 18.7. The molecule has 0 bridgehead atoms. The first-order valence-electron chi connectivity index (χ1n) is 7.51. The zero-order chi connectivity index (χ0) is 14.4. The predicted octanol–water partition coefficient (Wildman–Crippen LogP) is 3.31. The maximum absolute atomic E-state index is 6.12. The second-order valence-electron chi connectivity index (χ2n) is 5.48. The van der Waals surface area contributed by atoms with E-state index in [9.17, 15) is 0 Å². The summed E-state index contributed by atoms with van der Waals surface area (Å²) >= 11 is 6.12. The standard InChI is InChI=1S/C16H25ClN2O/c1-3-9-19(12-15-5-4-8-18-15)11-13-10-14(17)6-7-16(13)20-2/h6-7,10,15,18H,3-5,8-9,11-12H2,1-2H3. The summed E-state index contributed by atoms with van der Waals surface area (Å²) in [5.41, 5.74) is 1.17. The molecule has 0 aliphatic carbocycles. The first-order chi connectivity index (χ1) is 9.72. The van der Waals surface area contributed by atoms with Crippen molar-refractivity contribution >= 4 is 11.6 Å². The highest BCUT2D eigenvalue weighted by atomic mass is 35.5. The van der Waals surface area contributed by atoms with Crippen molar-refractivity contribution < 1.29 is 4.74 Å². The zero-order valence-electron chi connectivity index (χ0n) is 12.5. The average molecular weight is 297 g/mol. The fourth-order valence-corrected chi connectivity index (χ4v) is 3.08. The fourth-order valence-electron chi connectivity index (χ4n) is 2.89. The van der Waals surface area contributed by atoms with Crippen LogP contribution in [0.2, 0.25) is 5.02 Å². The Morgan fingerprint density at radius 2 is 2.30 bits per heavy atom. The summed E-state index contributed by atoms with van der Waals surface area (Å²) in [5, 5.41) is 4.35. The van der Waals surface area contributed by atoms with Gasteiger partial charge in [0.05, 0.1) is 7.11 Å². The number of nitrogens with one attached hydrogen (secondary N) is 1. The Bertz CT molecular complexity index is 419. The molecule has 20 heavy (non-hydrogen) atoms. The van der Waals surface area contributed by atoms with Crippen molar-refractivity contribution in [3.63, 3.8) is 0 Å². The molecule has 3 nitrogen and oxygen atoms in total. The van der Waals surface area contributed by atoms with Gasteiger partial charge in [0, 0.05) is 29.7 Å². The smallest absolute Gasteiger partial charge is 0.123 e. The van der Waals surface area contributed by atoms with Crippen molar-refractivity contribution in [1.82, 2.24) is 10.2 Å². The minimum absolute atomic E-state index is 0.631. The molecule has 0 aromatic heterocycles. The highest BCUT2D eigenvalue weighted by molar-refractivity contribution is 6.30. The lowest BCUT2D eigenvalue weighted by molar-refractivity contribution is 0.238. The zero-order valence-corrected chi connectivity index (χ0v) is 13.2. The third kappa shape index (κ3) is 4.37. The van der Waals surface area contributed by atoms with Crippen LogP contribution >= 0.6 is 11.6 Å². The van der Waals surface area contributed by atoms with Crippen molar-refractivity contribution in [2.45, 2.75) is 38.8 Å². The van der Waals surface area contributed by atoms with Crippen LogP contribution in [-0.4, -0.2) is 37.7 Å². The van der Waals surface area contributed by atoms with Crippen LogP contribution < -0.4 is 10.1 Å². The number of halogens is 1. The van der Waals surface area contributed by atoms with Gasteiger partial charge in [-0.1, -0.05) is 18.5 Å². The molecule has 0 radical (unpaired) electrons. The van der Waals surface area contributed by atoms with E-state index in [2.05, 4.69) is 17.1 Å². The lowest BCUT2D eigenvalue weighted by Crippen LogP contribution is -2.37. The Hall–Kier alpha value is -0.770. The van der Waals surface area contributed by atoms with E-state index in [1.165, 1.54) is 18.4 Å². The molecule has 1 heterocycles. The lowest BCUT2D eigenvalue weighted by atomic mass is 10.1. The van der Waals surface area contributed by atoms with E-state index in [0.29, 0.717) is 6.04 Å². The molecule has 1 atom stereocenters. The first-order valence-corrected chi connectivity index (χ1v) is 7.89. The van der Waals surface area contributed by atoms with E-state index in [0.717, 1.165) is 43.4 Å². The van der Waals surface area contributed by atoms with Crippen LogP contribution in [0.3, 0.4) is 0 Å². The average Bonchev–Trinajstić information content (AvgIpc) is 2.92. The van der Waals surface area contributed by atoms with Crippen molar-refractivity contribution in [1.29, 1.82) is 0 Å². The highest BCUT2D eigenvalue weighted by Gasteiger charge is 2.18. The summed E-state index contributed by atoms with van der Waals surface area (Å²) in [6.07, 6.45) is 3.74. The van der Waals surface area contributed by atoms with E-state index in [1.807, 2.05) is 18.2 Å². The number of nitrogens with zero attached hydrogens (tertiary/aromatic N) is 1. The quantitative estimate of drug-likeness (QED) is 0.835. The van der Waals surface area contributed by atoms with Gasteiger partial charge in [0.1, 0.15) is 5.75 Å². The molecule has 1 aliphatic rings. The van der Waals surface area contributed by atoms with Gasteiger partial charge in [0.2, 0.25) is 0 Å². The largest absolute Gasteiger partial charge is 0.496 e. The summed E-state index contributed by atoms with van der Waals surface area (Å²) in [4.78, 5) is 2.50. The SMILES string of the molecule is CCCN(Cc1cc(Cl)ccc1OC)CC1CCCN1. The number of hydrogen-bond acceptors (Lipinski definition) is 3. The number of methoxy groups -OCH3 is 1. The molecular formula is C16H25ClN2O. The molecule has 112 valence electrons. The molecule has 1 N–H and O–H groups in total. The summed E-state index contributed by atoms with van der Waals surface area (Å²) in [5.74, 6) is 0.926. The highest BCUT2D eigenvalue weighted by Crippen LogP contribution is 2.24. The third-order valence-corrected chi connectivity index (χ3v) is 4.05. The van der Waals surface area contributed by atoms with Gasteiger partial charge in [-0.2, -0.15) is 0 Å². The van der Waals surface area contributed by atoms with Gasteiger partial charge < -0.3 is 10.1 Å². The first kappa shape index (κ1) is 15.6. The van der Waals surface area contributed by atoms with Crippen LogP contribution in [-0.2, 0) is 6.54 Å². The molecule has 1 unspecified atom stereocenters. The predicted molar refractivity (Wildman–Crippen MR) is 84.6 cm³/mol. The minimum Gasteiger partial charge on any atom is -0.496 e. The summed E-state index contributed by atoms with van der Waals surface area (Å²) < 4.78 is 5.45. The Morgan fingerprint density at radius 1 is 1.45 bits per heavy atom. The molecule has 4 heteroatoms. The van der Waals surface area contributed by atoms with Crippen molar-refractivity contribution in [2.75, 3.05) is 26.7 Å². The van der Waals surface area contributed by atoms with Crippen LogP contribution in [0.4, 0.5) is 0 Å². The van der Waals surface area contributed by atoms with Gasteiger partial charge in [0.25, 0.3) is 0 Å². The maximum atomic E-state index is 6.12. The van der Waals surface area contributed by atoms with Gasteiger partial charge >= 0.3 is 0 Å². The maximum Gasteiger partial charge on any atom is 0.123 e. The van der Waals surface area contributed by atoms with Crippen molar-refractivity contribution in [2.24, 2.45) is 0 Å². The molecule has 1 aromatic rings. The van der Waals surface area contributed by atoms with Gasteiger partial charge in [-0.15, -0.1) is 0 Å². The van der Waals surface area contributed by atoms with Gasteiger partial charge in [-0.3, -0.25) is 4.90 Å². The topological polar surface area (TPSA) is 24.5 Å². The number of rotatable bonds is 7. The monoisotopic (exact) mass is 296 g/mol. The van der Waals surface area contributed by atoms with Crippen molar-refractivity contribution in [3.8, 4) is 5.75 Å². The van der Waals surface area contributed by atoms with Crippen LogP contribution in [0.15, 0.2) is 18.2 Å². The van der Waals surface area contributed by atoms with E-state index in [4.69, 9.17) is 16.3 Å². The Balaban J connectivity index is 2.04. The second kappa shape index (κ2) is 7.87. The Kier molecular flexibility index (Phi) is 6.14. The van der Waals surface area contributed by atoms with Crippen molar-refractivity contribution in [3.05, 3.63) is 28.8 Å². The molecule has 0 saturated carbocycles. The van der Waals surface area contributed by atoms with Crippen LogP contribution in [0.5, 0.6) is 5.75 Å². The third-order valence-electron chi connectivity index (χ3n) is 3.82. The molecule has 1 saturated heterocycles. The summed E-state index contributed by atoms with van der Waals surface area (Å²) in [6.45, 7) is 6.49. The lowest BCUT2D eigenvalue weighted by Gasteiger charge is -2.26. The molecule has 1 aliphatic heterocycles. The molecular weight excluding hydrogens is 272 g/mol. The van der Waals surface area contributed by atoms with Crippen LogP contribution in [0, 0.1) is 0 Å². The molecule has 2 rings (SSSR count). The minimum atomic E-state index is 0.631. The summed E-state index contributed by atoms with van der Waals surface area (Å²) in [6, 6.07) is 6.49. The second-order valence-corrected chi connectivity index (χ2v) is 5.92. The number of ether oxygens (including phenoxy) is 1. The van der Waals surface area contributed by atoms with Gasteiger partial charge in [-0.05, 0) is 50.6 Å². The van der Waals surface area contributed by atoms with E-state index in [1.54, 1.807) is 7.11 Å². The molecule has 0 amide bonds. The number of benzene rings is 1. The summed E-state index contributed by atoms with van der Waals surface area (Å²) in [7, 11) is 1.72. The van der Waals surface area contributed by atoms with Crippen LogP contribution in [0.1, 0.15) is 31.7 Å². The molecule has 0 spiro atoms. The Labute approximate surface area is 127 Å². The van der Waals surface area contributed by atoms with E-state index in [-0.39, 0.29) is 0 Å². The van der Waals surface area contributed by atoms with E-state index >= 15 is 0 Å². The van der Waals surface area contributed by atoms with Gasteiger partial charge in [0.15, 0.2) is 0 Å².